The van der Waals surface area contributed by atoms with Crippen molar-refractivity contribution in [1.82, 2.24) is 0 Å². The number of hydrogen-bond donors (Lipinski definition) is 0. The molecule has 672 valence electrons. The summed E-state index contributed by atoms with van der Waals surface area (Å²) in [5, 5.41) is 0. The van der Waals surface area contributed by atoms with Gasteiger partial charge in [-0.05, 0) is 66.8 Å². The Morgan fingerprint density at radius 1 is 0.147 bits per heavy atom. The molecule has 0 aromatic heterocycles. The van der Waals surface area contributed by atoms with Gasteiger partial charge in [0.25, 0.3) is 0 Å². The van der Waals surface area contributed by atoms with Crippen molar-refractivity contribution in [3.63, 3.8) is 0 Å². The minimum absolute atomic E-state index is 0.00170. The van der Waals surface area contributed by atoms with Crippen LogP contribution in [0.4, 0.5) is 0 Å². The first kappa shape index (κ1) is 97.4. The van der Waals surface area contributed by atoms with Gasteiger partial charge >= 0.3 is 332 Å². The number of carbonyl (C=O) groups is 4. The molecule has 12 aromatic carbocycles. The predicted octanol–water partition coefficient (Wildman–Crippen LogP) is 31.3. The second kappa shape index (κ2) is 54.1. The average Bonchev–Trinajstić information content (AvgIpc) is 0.772. The summed E-state index contributed by atoms with van der Waals surface area (Å²) in [6.07, 6.45) is 34.3. The summed E-state index contributed by atoms with van der Waals surface area (Å²) < 4.78 is 25.0. The Morgan fingerprint density at radius 2 is 0.248 bits per heavy atom. The fraction of sp³-hybridized carbons (Fsp3) is 0.367. The van der Waals surface area contributed by atoms with E-state index in [1.54, 1.807) is 0 Å². The average molecular weight is 1830 g/mol. The molecule has 0 radical (unpaired) electrons. The predicted molar refractivity (Wildman–Crippen MR) is 532 cm³/mol. The van der Waals surface area contributed by atoms with Crippen LogP contribution in [0.2, 0.25) is 0 Å². The normalized spacial score (nSPS) is 11.8. The van der Waals surface area contributed by atoms with Crippen LogP contribution >= 0.6 is 0 Å². The van der Waals surface area contributed by atoms with Crippen LogP contribution in [0.3, 0.4) is 0 Å². The first-order valence-electron chi connectivity index (χ1n) is 49.2. The van der Waals surface area contributed by atoms with Gasteiger partial charge in [0.05, 0.1) is 0 Å². The molecule has 0 aliphatic carbocycles. The minimum atomic E-state index is -6.22. The summed E-state index contributed by atoms with van der Waals surface area (Å²) in [7, 11) is 0. The first-order valence-corrected chi connectivity index (χ1v) is 53.9. The quantitative estimate of drug-likeness (QED) is 0.0211. The van der Waals surface area contributed by atoms with Gasteiger partial charge in [0.15, 0.2) is 0 Å². The van der Waals surface area contributed by atoms with Crippen LogP contribution in [0, 0.1) is 0 Å². The van der Waals surface area contributed by atoms with Crippen molar-refractivity contribution in [3.8, 4) is 0 Å². The molecule has 0 atom stereocenters. The molecular weight excluding hydrogens is 1690 g/mol. The van der Waals surface area contributed by atoms with Crippen molar-refractivity contribution in [3.05, 3.63) is 431 Å². The Labute approximate surface area is 778 Å². The van der Waals surface area contributed by atoms with Crippen LogP contribution in [0.5, 0.6) is 0 Å². The zero-order chi connectivity index (χ0) is 89.3. The smallest absolute Gasteiger partial charge is 0.0622 e. The van der Waals surface area contributed by atoms with Crippen molar-refractivity contribution in [2.75, 3.05) is 0 Å². The van der Waals surface area contributed by atoms with E-state index in [1.807, 2.05) is 0 Å². The fourth-order valence-corrected chi connectivity index (χ4v) is 25.2. The Bertz CT molecular complexity index is 4030. The van der Waals surface area contributed by atoms with Gasteiger partial charge in [-0.25, -0.2) is 0 Å². The molecule has 0 N–H and O–H groups in total. The molecule has 0 saturated heterocycles. The molecule has 12 rings (SSSR count). The SMILES string of the molecule is O=C(CCCCCCCCCCC(c1ccccc1)(c1ccccc1)c1ccccc1)[O][Sn]([O]C(=O)CCCCCCCCCCC(c1ccccc1)(c1ccccc1)c1ccccc1)([O]C(=O)CCCCCCCCCCC(c1ccccc1)(c1ccccc1)c1ccccc1)[O]C(=O)CCCCCCCCCCC(c1ccccc1)(c1ccccc1)c1ccccc1. The first-order chi connectivity index (χ1) is 63.7. The van der Waals surface area contributed by atoms with Crippen LogP contribution in [-0.4, -0.2) is 43.9 Å². The van der Waals surface area contributed by atoms with Crippen LogP contribution in [0.1, 0.15) is 324 Å². The molecule has 0 aliphatic rings. The topological polar surface area (TPSA) is 105 Å². The van der Waals surface area contributed by atoms with Gasteiger partial charge in [-0.1, -0.05) is 364 Å². The van der Waals surface area contributed by atoms with Crippen molar-refractivity contribution in [2.45, 2.75) is 278 Å². The van der Waals surface area contributed by atoms with E-state index in [-0.39, 0.29) is 47.3 Å². The molecule has 0 amide bonds. The monoisotopic (exact) mass is 1830 g/mol. The Hall–Kier alpha value is -10.7. The van der Waals surface area contributed by atoms with Crippen LogP contribution in [0.15, 0.2) is 364 Å². The molecule has 0 spiro atoms. The molecular formula is C120H140O8Sn. The molecule has 0 aliphatic heterocycles. The van der Waals surface area contributed by atoms with Gasteiger partial charge in [0.2, 0.25) is 0 Å². The van der Waals surface area contributed by atoms with E-state index < -0.39 is 43.9 Å². The second-order valence-electron chi connectivity index (χ2n) is 35.7. The number of benzene rings is 12. The van der Waals surface area contributed by atoms with Gasteiger partial charge in [0, 0.05) is 21.7 Å². The molecule has 0 unspecified atom stereocenters. The summed E-state index contributed by atoms with van der Waals surface area (Å²) >= 11 is -6.22. The summed E-state index contributed by atoms with van der Waals surface area (Å²) in [5.41, 5.74) is 14.5. The van der Waals surface area contributed by atoms with Gasteiger partial charge in [-0.15, -0.1) is 0 Å². The maximum atomic E-state index is 14.5. The molecule has 9 heteroatoms. The third-order valence-electron chi connectivity index (χ3n) is 26.9. The summed E-state index contributed by atoms with van der Waals surface area (Å²) in [6.45, 7) is 0. The Morgan fingerprint density at radius 3 is 0.364 bits per heavy atom. The number of hydrogen-bond acceptors (Lipinski definition) is 8. The van der Waals surface area contributed by atoms with Crippen LogP contribution in [-0.2, 0) is 53.1 Å². The third-order valence-corrected chi connectivity index (χ3v) is 32.3. The molecule has 129 heavy (non-hydrogen) atoms. The number of unbranched alkanes of at least 4 members (excludes halogenated alkanes) is 28. The zero-order valence-corrected chi connectivity index (χ0v) is 79.5. The van der Waals surface area contributed by atoms with Crippen molar-refractivity contribution in [2.24, 2.45) is 0 Å². The molecule has 0 fully saturated rings. The van der Waals surface area contributed by atoms with Gasteiger partial charge in [-0.2, -0.15) is 0 Å². The van der Waals surface area contributed by atoms with E-state index in [9.17, 15) is 19.2 Å². The Kier molecular flexibility index (Phi) is 40.8. The molecule has 12 aromatic rings. The van der Waals surface area contributed by atoms with E-state index in [0.717, 1.165) is 205 Å². The van der Waals surface area contributed by atoms with Crippen molar-refractivity contribution in [1.29, 1.82) is 0 Å². The molecule has 8 nitrogen and oxygen atoms in total. The van der Waals surface area contributed by atoms with Gasteiger partial charge in [-0.3, -0.25) is 0 Å². The van der Waals surface area contributed by atoms with Gasteiger partial charge in [0.1, 0.15) is 0 Å². The van der Waals surface area contributed by atoms with E-state index in [2.05, 4.69) is 364 Å². The maximum absolute atomic E-state index is 14.5. The molecule has 0 saturated carbocycles. The minimum Gasteiger partial charge on any atom is -0.0622 e. The standard InChI is InChI=1S/4C30H36O2.Sn/c4*31-29(32)24-16-5-3-1-2-4-6-17-25-30(26-18-10-7-11-19-26,27-20-12-8-13-21-27)28-22-14-9-15-23-28;/h4*7-15,18-23H,1-6,16-17,24-25H2,(H,31,32);/q;;;;+4/p-4. The number of rotatable bonds is 60. The summed E-state index contributed by atoms with van der Waals surface area (Å²) in [4.78, 5) is 57.9. The Balaban J connectivity index is 0.659. The third kappa shape index (κ3) is 28.7. The van der Waals surface area contributed by atoms with Gasteiger partial charge < -0.3 is 0 Å². The zero-order valence-electron chi connectivity index (χ0n) is 76.7. The molecule has 0 bridgehead atoms. The van der Waals surface area contributed by atoms with Crippen LogP contribution in [0.25, 0.3) is 0 Å². The summed E-state index contributed by atoms with van der Waals surface area (Å²) in [5.74, 6) is -2.72. The van der Waals surface area contributed by atoms with E-state index in [1.165, 1.54) is 66.8 Å². The van der Waals surface area contributed by atoms with Crippen molar-refractivity contribution >= 4 is 43.9 Å². The van der Waals surface area contributed by atoms with E-state index >= 15 is 0 Å². The van der Waals surface area contributed by atoms with E-state index in [4.69, 9.17) is 12.3 Å². The van der Waals surface area contributed by atoms with E-state index in [0.29, 0.717) is 25.7 Å². The number of carbonyl (C=O) groups excluding carboxylic acids is 4. The molecule has 0 heterocycles. The summed E-state index contributed by atoms with van der Waals surface area (Å²) in [6, 6.07) is 131. The van der Waals surface area contributed by atoms with Crippen LogP contribution < -0.4 is 0 Å². The van der Waals surface area contributed by atoms with Crippen molar-refractivity contribution < 1.29 is 31.5 Å². The fourth-order valence-electron chi connectivity index (χ4n) is 20.2. The second-order valence-corrected chi connectivity index (χ2v) is 40.9.